The van der Waals surface area contributed by atoms with Gasteiger partial charge >= 0.3 is 5.97 Å². The van der Waals surface area contributed by atoms with Crippen molar-refractivity contribution in [3.8, 4) is 11.5 Å². The van der Waals surface area contributed by atoms with Crippen molar-refractivity contribution in [1.29, 1.82) is 0 Å². The van der Waals surface area contributed by atoms with E-state index in [1.807, 2.05) is 0 Å². The molecule has 2 N–H and O–H groups in total. The number of esters is 1. The minimum absolute atomic E-state index is 0.106. The summed E-state index contributed by atoms with van der Waals surface area (Å²) in [4.78, 5) is 11.8. The van der Waals surface area contributed by atoms with Crippen LogP contribution in [0.4, 0.5) is 0 Å². The van der Waals surface area contributed by atoms with Crippen molar-refractivity contribution in [2.24, 2.45) is 0 Å². The van der Waals surface area contributed by atoms with Crippen LogP contribution in [0.1, 0.15) is 147 Å². The number of aromatic hydroxyl groups is 2. The van der Waals surface area contributed by atoms with E-state index < -0.39 is 0 Å². The highest BCUT2D eigenvalue weighted by molar-refractivity contribution is 5.69. The summed E-state index contributed by atoms with van der Waals surface area (Å²) in [7, 11) is 0. The van der Waals surface area contributed by atoms with Crippen molar-refractivity contribution in [3.05, 3.63) is 23.8 Å². The van der Waals surface area contributed by atoms with E-state index in [1.165, 1.54) is 115 Å². The Bertz CT molecular complexity index is 628. The fourth-order valence-electron chi connectivity index (χ4n) is 4.61. The molecule has 0 aliphatic heterocycles. The second-order valence-corrected chi connectivity index (χ2v) is 10.3. The van der Waals surface area contributed by atoms with Crippen LogP contribution in [0.3, 0.4) is 0 Å². The molecule has 202 valence electrons. The van der Waals surface area contributed by atoms with Gasteiger partial charge in [-0.2, -0.15) is 0 Å². The SMILES string of the molecule is CCCCCCCCCCCCCCCCCCCCCC(=O)OCCCc1ccc(O)c(O)c1. The molecule has 0 bridgehead atoms. The molecule has 0 atom stereocenters. The van der Waals surface area contributed by atoms with Gasteiger partial charge in [-0.25, -0.2) is 0 Å². The Morgan fingerprint density at radius 3 is 1.54 bits per heavy atom. The molecule has 0 heterocycles. The van der Waals surface area contributed by atoms with Gasteiger partial charge in [0.2, 0.25) is 0 Å². The summed E-state index contributed by atoms with van der Waals surface area (Å²) in [5, 5.41) is 18.8. The predicted octanol–water partition coefficient (Wildman–Crippen LogP) is 9.40. The Morgan fingerprint density at radius 2 is 1.09 bits per heavy atom. The van der Waals surface area contributed by atoms with Gasteiger partial charge in [0.25, 0.3) is 0 Å². The number of phenolic OH excluding ortho intramolecular Hbond substituents is 2. The minimum atomic E-state index is -0.111. The Kier molecular flexibility index (Phi) is 20.3. The first-order valence-electron chi connectivity index (χ1n) is 14.8. The van der Waals surface area contributed by atoms with Gasteiger partial charge in [0.05, 0.1) is 6.61 Å². The molecule has 0 aliphatic rings. The zero-order valence-electron chi connectivity index (χ0n) is 22.7. The molecule has 0 saturated heterocycles. The summed E-state index contributed by atoms with van der Waals surface area (Å²) >= 11 is 0. The van der Waals surface area contributed by atoms with Gasteiger partial charge in [-0.3, -0.25) is 4.79 Å². The van der Waals surface area contributed by atoms with Crippen LogP contribution < -0.4 is 0 Å². The number of unbranched alkanes of at least 4 members (excludes halogenated alkanes) is 18. The fraction of sp³-hybridized carbons (Fsp3) is 0.774. The number of carbonyl (C=O) groups is 1. The van der Waals surface area contributed by atoms with Crippen LogP contribution in [0.25, 0.3) is 0 Å². The lowest BCUT2D eigenvalue weighted by molar-refractivity contribution is -0.143. The maximum Gasteiger partial charge on any atom is 0.305 e. The average Bonchev–Trinajstić information content (AvgIpc) is 2.85. The normalized spacial score (nSPS) is 11.1. The maximum atomic E-state index is 11.8. The molecule has 0 spiro atoms. The van der Waals surface area contributed by atoms with E-state index in [4.69, 9.17) is 4.74 Å². The molecule has 0 radical (unpaired) electrons. The van der Waals surface area contributed by atoms with Crippen molar-refractivity contribution in [3.63, 3.8) is 0 Å². The third-order valence-corrected chi connectivity index (χ3v) is 6.90. The van der Waals surface area contributed by atoms with Crippen molar-refractivity contribution >= 4 is 5.97 Å². The first-order valence-corrected chi connectivity index (χ1v) is 14.8. The quantitative estimate of drug-likeness (QED) is 0.0860. The lowest BCUT2D eigenvalue weighted by Crippen LogP contribution is -2.06. The van der Waals surface area contributed by atoms with E-state index in [9.17, 15) is 15.0 Å². The summed E-state index contributed by atoms with van der Waals surface area (Å²) in [6.07, 6.45) is 27.6. The monoisotopic (exact) mass is 490 g/mol. The van der Waals surface area contributed by atoms with Crippen molar-refractivity contribution in [2.75, 3.05) is 6.61 Å². The van der Waals surface area contributed by atoms with Gasteiger partial charge in [-0.1, -0.05) is 129 Å². The van der Waals surface area contributed by atoms with E-state index in [0.717, 1.165) is 24.8 Å². The number of rotatable bonds is 24. The Hall–Kier alpha value is -1.71. The number of hydrogen-bond acceptors (Lipinski definition) is 4. The topological polar surface area (TPSA) is 66.8 Å². The standard InChI is InChI=1S/C31H54O4/c1-2-3-4-5-6-7-8-9-10-11-12-13-14-15-16-17-18-19-20-23-31(34)35-26-21-22-28-24-25-29(32)30(33)27-28/h24-25,27,32-33H,2-23,26H2,1H3. The summed E-state index contributed by atoms with van der Waals surface area (Å²) in [6.45, 7) is 2.69. The highest BCUT2D eigenvalue weighted by Crippen LogP contribution is 2.25. The van der Waals surface area contributed by atoms with Gasteiger partial charge in [0.15, 0.2) is 11.5 Å². The van der Waals surface area contributed by atoms with Crippen LogP contribution >= 0.6 is 0 Å². The molecule has 1 aromatic rings. The van der Waals surface area contributed by atoms with Crippen LogP contribution in [0.2, 0.25) is 0 Å². The van der Waals surface area contributed by atoms with Crippen LogP contribution in [-0.2, 0) is 16.0 Å². The van der Waals surface area contributed by atoms with Crippen LogP contribution in [0.15, 0.2) is 18.2 Å². The predicted molar refractivity (Wildman–Crippen MR) is 147 cm³/mol. The highest BCUT2D eigenvalue weighted by Gasteiger charge is 2.04. The number of benzene rings is 1. The molecule has 0 saturated carbocycles. The first kappa shape index (κ1) is 31.3. The zero-order valence-corrected chi connectivity index (χ0v) is 22.7. The number of carbonyl (C=O) groups excluding carboxylic acids is 1. The Morgan fingerprint density at radius 1 is 0.629 bits per heavy atom. The van der Waals surface area contributed by atoms with Crippen LogP contribution in [0, 0.1) is 0 Å². The molecule has 1 rings (SSSR count). The summed E-state index contributed by atoms with van der Waals surface area (Å²) in [5.41, 5.74) is 0.926. The molecule has 4 nitrogen and oxygen atoms in total. The molecule has 0 aromatic heterocycles. The summed E-state index contributed by atoms with van der Waals surface area (Å²) < 4.78 is 5.30. The van der Waals surface area contributed by atoms with E-state index >= 15 is 0 Å². The van der Waals surface area contributed by atoms with Gasteiger partial charge in [0, 0.05) is 6.42 Å². The lowest BCUT2D eigenvalue weighted by Gasteiger charge is -2.06. The van der Waals surface area contributed by atoms with Gasteiger partial charge < -0.3 is 14.9 Å². The first-order chi connectivity index (χ1) is 17.1. The third kappa shape index (κ3) is 19.2. The second kappa shape index (κ2) is 22.7. The van der Waals surface area contributed by atoms with E-state index in [0.29, 0.717) is 19.4 Å². The number of phenols is 2. The molecule has 4 heteroatoms. The van der Waals surface area contributed by atoms with Gasteiger partial charge in [0.1, 0.15) is 0 Å². The van der Waals surface area contributed by atoms with Gasteiger partial charge in [-0.15, -0.1) is 0 Å². The smallest absolute Gasteiger partial charge is 0.305 e. The average molecular weight is 491 g/mol. The van der Waals surface area contributed by atoms with Crippen molar-refractivity contribution < 1.29 is 19.7 Å². The Labute approximate surface area is 215 Å². The zero-order chi connectivity index (χ0) is 25.4. The van der Waals surface area contributed by atoms with E-state index in [1.54, 1.807) is 12.1 Å². The van der Waals surface area contributed by atoms with Crippen LogP contribution in [0.5, 0.6) is 11.5 Å². The molecular weight excluding hydrogens is 436 g/mol. The maximum absolute atomic E-state index is 11.8. The van der Waals surface area contributed by atoms with Crippen molar-refractivity contribution in [2.45, 2.75) is 148 Å². The molecule has 35 heavy (non-hydrogen) atoms. The summed E-state index contributed by atoms with van der Waals surface area (Å²) in [5.74, 6) is -0.325. The number of aryl methyl sites for hydroxylation is 1. The summed E-state index contributed by atoms with van der Waals surface area (Å²) in [6, 6.07) is 4.81. The van der Waals surface area contributed by atoms with Crippen molar-refractivity contribution in [1.82, 2.24) is 0 Å². The molecule has 0 unspecified atom stereocenters. The molecule has 0 aliphatic carbocycles. The lowest BCUT2D eigenvalue weighted by atomic mass is 10.0. The van der Waals surface area contributed by atoms with E-state index in [2.05, 4.69) is 6.92 Å². The fourth-order valence-corrected chi connectivity index (χ4v) is 4.61. The molecular formula is C31H54O4. The van der Waals surface area contributed by atoms with E-state index in [-0.39, 0.29) is 17.5 Å². The molecule has 0 fully saturated rings. The van der Waals surface area contributed by atoms with Gasteiger partial charge in [-0.05, 0) is 37.0 Å². The van der Waals surface area contributed by atoms with Crippen LogP contribution in [-0.4, -0.2) is 22.8 Å². The largest absolute Gasteiger partial charge is 0.504 e. The number of hydrogen-bond donors (Lipinski definition) is 2. The highest BCUT2D eigenvalue weighted by atomic mass is 16.5. The second-order valence-electron chi connectivity index (χ2n) is 10.3. The molecule has 1 aromatic carbocycles. The minimum Gasteiger partial charge on any atom is -0.504 e. The third-order valence-electron chi connectivity index (χ3n) is 6.90. The molecule has 0 amide bonds. The Balaban J connectivity index is 1.76. The number of ether oxygens (including phenoxy) is 1.